The first kappa shape index (κ1) is 16.0. The van der Waals surface area contributed by atoms with Gasteiger partial charge in [-0.25, -0.2) is 14.2 Å². The molecule has 3 aromatic carbocycles. The van der Waals surface area contributed by atoms with E-state index in [1.165, 1.54) is 6.07 Å². The summed E-state index contributed by atoms with van der Waals surface area (Å²) in [4.78, 5) is 18.9. The highest BCUT2D eigenvalue weighted by atomic mass is 19.1. The quantitative estimate of drug-likeness (QED) is 0.546. The van der Waals surface area contributed by atoms with Gasteiger partial charge in [-0.1, -0.05) is 42.5 Å². The summed E-state index contributed by atoms with van der Waals surface area (Å²) in [5, 5.41) is 9.49. The van der Waals surface area contributed by atoms with Crippen LogP contribution in [0.25, 0.3) is 33.3 Å². The first-order chi connectivity index (χ1) is 12.5. The van der Waals surface area contributed by atoms with Crippen molar-refractivity contribution in [3.8, 4) is 22.3 Å². The number of carbonyl (C=O) groups is 1. The second kappa shape index (κ2) is 6.11. The van der Waals surface area contributed by atoms with E-state index in [0.29, 0.717) is 22.4 Å². The molecular formula is C21H15FN2O2. The molecule has 0 radical (unpaired) electrons. The SMILES string of the molecule is Cc1nc2c(C(=O)O)cc(-c3ccc(-c4ccccc4F)cc3)cc2[nH]1. The zero-order chi connectivity index (χ0) is 18.3. The summed E-state index contributed by atoms with van der Waals surface area (Å²) in [7, 11) is 0. The monoisotopic (exact) mass is 346 g/mol. The summed E-state index contributed by atoms with van der Waals surface area (Å²) in [6.07, 6.45) is 0. The standard InChI is InChI=1S/C21H15FN2O2/c1-12-23-19-11-15(10-17(21(25)26)20(19)24-12)13-6-8-14(9-7-13)16-4-2-3-5-18(16)22/h2-11H,1H3,(H,23,24)(H,25,26). The van der Waals surface area contributed by atoms with Crippen molar-refractivity contribution < 1.29 is 14.3 Å². The van der Waals surface area contributed by atoms with Crippen molar-refractivity contribution in [2.75, 3.05) is 0 Å². The number of nitrogens with zero attached hydrogens (tertiary/aromatic N) is 1. The number of nitrogens with one attached hydrogen (secondary N) is 1. The number of hydrogen-bond acceptors (Lipinski definition) is 2. The number of imidazole rings is 1. The van der Waals surface area contributed by atoms with Crippen LogP contribution in [0.1, 0.15) is 16.2 Å². The lowest BCUT2D eigenvalue weighted by Gasteiger charge is -2.07. The Morgan fingerprint density at radius 2 is 1.69 bits per heavy atom. The number of fused-ring (bicyclic) bond motifs is 1. The number of hydrogen-bond donors (Lipinski definition) is 2. The number of aryl methyl sites for hydroxylation is 1. The third kappa shape index (κ3) is 2.73. The van der Waals surface area contributed by atoms with Crippen molar-refractivity contribution in [2.45, 2.75) is 6.92 Å². The number of halogens is 1. The molecule has 4 aromatic rings. The van der Waals surface area contributed by atoms with E-state index in [2.05, 4.69) is 9.97 Å². The molecule has 0 saturated carbocycles. The van der Waals surface area contributed by atoms with Crippen molar-refractivity contribution in [1.29, 1.82) is 0 Å². The first-order valence-electron chi connectivity index (χ1n) is 8.12. The number of carboxylic acids is 1. The van der Waals surface area contributed by atoms with E-state index in [1.54, 1.807) is 31.2 Å². The average molecular weight is 346 g/mol. The number of benzene rings is 3. The van der Waals surface area contributed by atoms with Gasteiger partial charge in [-0.05, 0) is 41.8 Å². The molecule has 128 valence electrons. The number of aromatic amines is 1. The summed E-state index contributed by atoms with van der Waals surface area (Å²) in [6, 6.07) is 17.5. The fourth-order valence-corrected chi connectivity index (χ4v) is 3.11. The van der Waals surface area contributed by atoms with Crippen LogP contribution in [0.2, 0.25) is 0 Å². The van der Waals surface area contributed by atoms with Crippen LogP contribution < -0.4 is 0 Å². The molecule has 0 aliphatic rings. The van der Waals surface area contributed by atoms with Crippen molar-refractivity contribution >= 4 is 17.0 Å². The maximum atomic E-state index is 13.9. The topological polar surface area (TPSA) is 66.0 Å². The predicted molar refractivity (Wildman–Crippen MR) is 98.6 cm³/mol. The minimum absolute atomic E-state index is 0.153. The van der Waals surface area contributed by atoms with E-state index in [4.69, 9.17) is 0 Å². The van der Waals surface area contributed by atoms with E-state index in [0.717, 1.165) is 16.7 Å². The molecule has 2 N–H and O–H groups in total. The minimum Gasteiger partial charge on any atom is -0.478 e. The first-order valence-corrected chi connectivity index (χ1v) is 8.12. The fourth-order valence-electron chi connectivity index (χ4n) is 3.11. The maximum absolute atomic E-state index is 13.9. The van der Waals surface area contributed by atoms with Crippen molar-refractivity contribution in [3.63, 3.8) is 0 Å². The van der Waals surface area contributed by atoms with E-state index in [9.17, 15) is 14.3 Å². The summed E-state index contributed by atoms with van der Waals surface area (Å²) in [5.41, 5.74) is 4.19. The molecule has 0 atom stereocenters. The third-order valence-electron chi connectivity index (χ3n) is 4.34. The Morgan fingerprint density at radius 1 is 1.00 bits per heavy atom. The largest absolute Gasteiger partial charge is 0.478 e. The van der Waals surface area contributed by atoms with E-state index >= 15 is 0 Å². The van der Waals surface area contributed by atoms with Crippen LogP contribution in [-0.2, 0) is 0 Å². The van der Waals surface area contributed by atoms with E-state index in [1.807, 2.05) is 30.3 Å². The summed E-state index contributed by atoms with van der Waals surface area (Å²) in [6.45, 7) is 1.79. The molecule has 0 amide bonds. The number of H-pyrrole nitrogens is 1. The van der Waals surface area contributed by atoms with Crippen LogP contribution in [0.15, 0.2) is 60.7 Å². The summed E-state index contributed by atoms with van der Waals surface area (Å²) >= 11 is 0. The summed E-state index contributed by atoms with van der Waals surface area (Å²) in [5.74, 6) is -0.636. The van der Waals surface area contributed by atoms with Crippen LogP contribution >= 0.6 is 0 Å². The Morgan fingerprint density at radius 3 is 2.38 bits per heavy atom. The Bertz CT molecular complexity index is 1130. The maximum Gasteiger partial charge on any atom is 0.337 e. The van der Waals surface area contributed by atoms with Gasteiger partial charge in [-0.3, -0.25) is 0 Å². The highest BCUT2D eigenvalue weighted by molar-refractivity contribution is 6.03. The molecular weight excluding hydrogens is 331 g/mol. The number of rotatable bonds is 3. The van der Waals surface area contributed by atoms with Gasteiger partial charge in [0.2, 0.25) is 0 Å². The van der Waals surface area contributed by atoms with Gasteiger partial charge in [0, 0.05) is 5.56 Å². The van der Waals surface area contributed by atoms with Crippen molar-refractivity contribution in [2.24, 2.45) is 0 Å². The Labute approximate surface area is 149 Å². The molecule has 0 bridgehead atoms. The van der Waals surface area contributed by atoms with Gasteiger partial charge in [0.1, 0.15) is 17.2 Å². The molecule has 0 unspecified atom stereocenters. The highest BCUT2D eigenvalue weighted by Crippen LogP contribution is 2.29. The zero-order valence-electron chi connectivity index (χ0n) is 14.0. The molecule has 0 spiro atoms. The van der Waals surface area contributed by atoms with E-state index < -0.39 is 5.97 Å². The Kier molecular flexibility index (Phi) is 3.77. The average Bonchev–Trinajstić information content (AvgIpc) is 3.01. The summed E-state index contributed by atoms with van der Waals surface area (Å²) < 4.78 is 13.9. The Hall–Kier alpha value is -3.47. The molecule has 26 heavy (non-hydrogen) atoms. The van der Waals surface area contributed by atoms with Gasteiger partial charge < -0.3 is 10.1 Å². The third-order valence-corrected chi connectivity index (χ3v) is 4.34. The van der Waals surface area contributed by atoms with Crippen LogP contribution in [0.4, 0.5) is 4.39 Å². The van der Waals surface area contributed by atoms with Crippen LogP contribution in [0.3, 0.4) is 0 Å². The molecule has 4 rings (SSSR count). The highest BCUT2D eigenvalue weighted by Gasteiger charge is 2.15. The van der Waals surface area contributed by atoms with Gasteiger partial charge in [-0.15, -0.1) is 0 Å². The minimum atomic E-state index is -1.02. The molecule has 0 fully saturated rings. The van der Waals surface area contributed by atoms with Gasteiger partial charge in [0.15, 0.2) is 0 Å². The van der Waals surface area contributed by atoms with Crippen LogP contribution in [-0.4, -0.2) is 21.0 Å². The lowest BCUT2D eigenvalue weighted by atomic mass is 9.98. The van der Waals surface area contributed by atoms with Crippen molar-refractivity contribution in [3.05, 3.63) is 77.9 Å². The molecule has 5 heteroatoms. The van der Waals surface area contributed by atoms with Gasteiger partial charge in [0.25, 0.3) is 0 Å². The number of carboxylic acid groups (broad SMARTS) is 1. The molecule has 1 aromatic heterocycles. The number of aromatic carboxylic acids is 1. The molecule has 0 saturated heterocycles. The fraction of sp³-hybridized carbons (Fsp3) is 0.0476. The van der Waals surface area contributed by atoms with Gasteiger partial charge >= 0.3 is 5.97 Å². The second-order valence-electron chi connectivity index (χ2n) is 6.10. The number of aromatic nitrogens is 2. The van der Waals surface area contributed by atoms with E-state index in [-0.39, 0.29) is 11.4 Å². The molecule has 1 heterocycles. The molecule has 0 aliphatic heterocycles. The second-order valence-corrected chi connectivity index (χ2v) is 6.10. The Balaban J connectivity index is 1.81. The van der Waals surface area contributed by atoms with Crippen LogP contribution in [0.5, 0.6) is 0 Å². The zero-order valence-corrected chi connectivity index (χ0v) is 14.0. The lowest BCUT2D eigenvalue weighted by Crippen LogP contribution is -1.98. The van der Waals surface area contributed by atoms with Crippen molar-refractivity contribution in [1.82, 2.24) is 9.97 Å². The smallest absolute Gasteiger partial charge is 0.337 e. The molecule has 0 aliphatic carbocycles. The molecule has 4 nitrogen and oxygen atoms in total. The van der Waals surface area contributed by atoms with Gasteiger partial charge in [0.05, 0.1) is 11.1 Å². The lowest BCUT2D eigenvalue weighted by molar-refractivity contribution is 0.0699. The van der Waals surface area contributed by atoms with Crippen LogP contribution in [0, 0.1) is 12.7 Å². The normalized spacial score (nSPS) is 11.0. The van der Waals surface area contributed by atoms with Gasteiger partial charge in [-0.2, -0.15) is 0 Å². The predicted octanol–water partition coefficient (Wildman–Crippen LogP) is 5.04.